The topological polar surface area (TPSA) is 39.2 Å². The normalized spacial score (nSPS) is 36.4. The number of rotatable bonds is 5. The Hall–Kier alpha value is -0.200. The number of hydrogen-bond acceptors (Lipinski definition) is 5. The van der Waals surface area contributed by atoms with Crippen LogP contribution in [0.4, 0.5) is 0 Å². The highest BCUT2D eigenvalue weighted by molar-refractivity contribution is 4.85. The molecule has 0 aromatic carbocycles. The summed E-state index contributed by atoms with van der Waals surface area (Å²) in [5.74, 6) is 0. The molecule has 23 heavy (non-hydrogen) atoms. The molecule has 0 amide bonds. The number of ether oxygens (including phenoxy) is 1. The number of likely N-dealkylation sites (tertiary alicyclic amines) is 2. The fourth-order valence-electron chi connectivity index (χ4n) is 4.69. The quantitative estimate of drug-likeness (QED) is 0.817. The summed E-state index contributed by atoms with van der Waals surface area (Å²) < 4.78 is 5.78. The maximum Gasteiger partial charge on any atom is 0.0793 e. The van der Waals surface area contributed by atoms with Crippen molar-refractivity contribution in [1.29, 1.82) is 0 Å². The van der Waals surface area contributed by atoms with E-state index in [1.807, 2.05) is 0 Å². The maximum absolute atomic E-state index is 10.5. The number of hydrogen-bond donors (Lipinski definition) is 1. The third-order valence-electron chi connectivity index (χ3n) is 5.57. The second-order valence-corrected chi connectivity index (χ2v) is 7.93. The molecule has 0 bridgehead atoms. The molecule has 0 radical (unpaired) electrons. The molecule has 3 saturated heterocycles. The molecule has 0 aromatic rings. The zero-order valence-electron chi connectivity index (χ0n) is 15.0. The molecule has 3 aliphatic heterocycles. The van der Waals surface area contributed by atoms with Crippen molar-refractivity contribution in [3.05, 3.63) is 0 Å². The molecule has 134 valence electrons. The summed E-state index contributed by atoms with van der Waals surface area (Å²) in [7, 11) is 0. The number of morpholine rings is 1. The van der Waals surface area contributed by atoms with Crippen LogP contribution in [0.2, 0.25) is 0 Å². The molecule has 3 heterocycles. The van der Waals surface area contributed by atoms with E-state index in [0.29, 0.717) is 0 Å². The number of aliphatic hydroxyl groups excluding tert-OH is 1. The molecule has 4 atom stereocenters. The van der Waals surface area contributed by atoms with Crippen molar-refractivity contribution in [2.24, 2.45) is 0 Å². The highest BCUT2D eigenvalue weighted by Crippen LogP contribution is 2.20. The standard InChI is InChI=1S/C18H35N3O2/c1-15-10-20(11-16(2)23-15)14-18(22)13-19-7-5-6-17(12-19)21-8-3-4-9-21/h15-18,22H,3-14H2,1-2H3. The van der Waals surface area contributed by atoms with E-state index in [-0.39, 0.29) is 18.3 Å². The molecule has 1 N–H and O–H groups in total. The first-order valence-corrected chi connectivity index (χ1v) is 9.62. The van der Waals surface area contributed by atoms with Crippen molar-refractivity contribution < 1.29 is 9.84 Å². The lowest BCUT2D eigenvalue weighted by Gasteiger charge is -2.40. The SMILES string of the molecule is CC1CN(CC(O)CN2CCCC(N3CCCC3)C2)CC(C)O1. The molecular formula is C18H35N3O2. The van der Waals surface area contributed by atoms with E-state index in [0.717, 1.165) is 45.3 Å². The summed E-state index contributed by atoms with van der Waals surface area (Å²) in [6, 6.07) is 0.724. The van der Waals surface area contributed by atoms with E-state index in [4.69, 9.17) is 4.74 Å². The molecule has 0 saturated carbocycles. The molecule has 0 aromatic heterocycles. The van der Waals surface area contributed by atoms with Crippen LogP contribution in [0, 0.1) is 0 Å². The summed E-state index contributed by atoms with van der Waals surface area (Å²) in [5.41, 5.74) is 0. The Morgan fingerprint density at radius 1 is 0.913 bits per heavy atom. The van der Waals surface area contributed by atoms with Crippen LogP contribution in [0.3, 0.4) is 0 Å². The van der Waals surface area contributed by atoms with Gasteiger partial charge in [-0.2, -0.15) is 0 Å². The van der Waals surface area contributed by atoms with Crippen LogP contribution in [-0.2, 0) is 4.74 Å². The monoisotopic (exact) mass is 325 g/mol. The summed E-state index contributed by atoms with van der Waals surface area (Å²) in [4.78, 5) is 7.53. The second-order valence-electron chi connectivity index (χ2n) is 7.93. The van der Waals surface area contributed by atoms with E-state index in [9.17, 15) is 5.11 Å². The molecule has 3 aliphatic rings. The summed E-state index contributed by atoms with van der Waals surface area (Å²) in [6.07, 6.45) is 5.66. The van der Waals surface area contributed by atoms with Gasteiger partial charge in [-0.15, -0.1) is 0 Å². The molecule has 4 unspecified atom stereocenters. The lowest BCUT2D eigenvalue weighted by Crippen LogP contribution is -2.52. The number of piperidine rings is 1. The van der Waals surface area contributed by atoms with Gasteiger partial charge >= 0.3 is 0 Å². The lowest BCUT2D eigenvalue weighted by atomic mass is 10.0. The average Bonchev–Trinajstić information content (AvgIpc) is 3.00. The Bertz CT molecular complexity index is 352. The van der Waals surface area contributed by atoms with Gasteiger partial charge in [0.1, 0.15) is 0 Å². The largest absolute Gasteiger partial charge is 0.390 e. The van der Waals surface area contributed by atoms with Gasteiger partial charge in [0.2, 0.25) is 0 Å². The Balaban J connectivity index is 1.42. The minimum atomic E-state index is -0.246. The van der Waals surface area contributed by atoms with Gasteiger partial charge in [-0.05, 0) is 59.2 Å². The Morgan fingerprint density at radius 2 is 1.57 bits per heavy atom. The van der Waals surface area contributed by atoms with Crippen molar-refractivity contribution in [2.75, 3.05) is 52.4 Å². The highest BCUT2D eigenvalue weighted by Gasteiger charge is 2.29. The Labute approximate surface area is 141 Å². The van der Waals surface area contributed by atoms with Crippen molar-refractivity contribution in [3.63, 3.8) is 0 Å². The van der Waals surface area contributed by atoms with Crippen LogP contribution >= 0.6 is 0 Å². The van der Waals surface area contributed by atoms with E-state index in [1.54, 1.807) is 0 Å². The van der Waals surface area contributed by atoms with Gasteiger partial charge in [0.05, 0.1) is 18.3 Å². The van der Waals surface area contributed by atoms with E-state index < -0.39 is 0 Å². The van der Waals surface area contributed by atoms with Crippen LogP contribution < -0.4 is 0 Å². The van der Waals surface area contributed by atoms with E-state index in [2.05, 4.69) is 28.5 Å². The van der Waals surface area contributed by atoms with Gasteiger partial charge in [-0.25, -0.2) is 0 Å². The zero-order chi connectivity index (χ0) is 16.2. The fraction of sp³-hybridized carbons (Fsp3) is 1.00. The van der Waals surface area contributed by atoms with Crippen molar-refractivity contribution in [1.82, 2.24) is 14.7 Å². The zero-order valence-corrected chi connectivity index (χ0v) is 15.0. The van der Waals surface area contributed by atoms with Crippen LogP contribution in [0.25, 0.3) is 0 Å². The molecule has 5 heteroatoms. The van der Waals surface area contributed by atoms with Gasteiger partial charge in [0, 0.05) is 38.8 Å². The van der Waals surface area contributed by atoms with Gasteiger partial charge in [0.15, 0.2) is 0 Å². The highest BCUT2D eigenvalue weighted by atomic mass is 16.5. The minimum Gasteiger partial charge on any atom is -0.390 e. The summed E-state index contributed by atoms with van der Waals surface area (Å²) in [6.45, 7) is 12.6. The van der Waals surface area contributed by atoms with E-state index in [1.165, 1.54) is 38.8 Å². The minimum absolute atomic E-state index is 0.246. The molecule has 3 fully saturated rings. The van der Waals surface area contributed by atoms with Crippen LogP contribution in [-0.4, -0.2) is 96.5 Å². The summed E-state index contributed by atoms with van der Waals surface area (Å²) in [5, 5.41) is 10.5. The predicted molar refractivity (Wildman–Crippen MR) is 92.7 cm³/mol. The van der Waals surface area contributed by atoms with Crippen molar-refractivity contribution >= 4 is 0 Å². The number of nitrogens with zero attached hydrogens (tertiary/aromatic N) is 3. The van der Waals surface area contributed by atoms with E-state index >= 15 is 0 Å². The molecule has 0 spiro atoms. The van der Waals surface area contributed by atoms with Gasteiger partial charge < -0.3 is 9.84 Å². The van der Waals surface area contributed by atoms with Gasteiger partial charge in [-0.3, -0.25) is 14.7 Å². The number of β-amino-alcohol motifs (C(OH)–C–C–N with tert-alkyl or cyclic N) is 1. The second kappa shape index (κ2) is 8.26. The Kier molecular flexibility index (Phi) is 6.32. The van der Waals surface area contributed by atoms with Gasteiger partial charge in [-0.1, -0.05) is 0 Å². The predicted octanol–water partition coefficient (Wildman–Crippen LogP) is 1.02. The van der Waals surface area contributed by atoms with Crippen molar-refractivity contribution in [3.8, 4) is 0 Å². The lowest BCUT2D eigenvalue weighted by molar-refractivity contribution is -0.0786. The molecule has 0 aliphatic carbocycles. The fourth-order valence-corrected chi connectivity index (χ4v) is 4.69. The average molecular weight is 325 g/mol. The first kappa shape index (κ1) is 17.6. The molecule has 3 rings (SSSR count). The first-order chi connectivity index (χ1) is 11.1. The third kappa shape index (κ3) is 5.13. The Morgan fingerprint density at radius 3 is 2.26 bits per heavy atom. The van der Waals surface area contributed by atoms with Gasteiger partial charge in [0.25, 0.3) is 0 Å². The van der Waals surface area contributed by atoms with Crippen LogP contribution in [0.1, 0.15) is 39.5 Å². The van der Waals surface area contributed by atoms with Crippen molar-refractivity contribution in [2.45, 2.75) is 63.9 Å². The number of aliphatic hydroxyl groups is 1. The van der Waals surface area contributed by atoms with Crippen LogP contribution in [0.15, 0.2) is 0 Å². The molecular weight excluding hydrogens is 290 g/mol. The van der Waals surface area contributed by atoms with Crippen LogP contribution in [0.5, 0.6) is 0 Å². The third-order valence-corrected chi connectivity index (χ3v) is 5.57. The molecule has 5 nitrogen and oxygen atoms in total. The smallest absolute Gasteiger partial charge is 0.0793 e. The summed E-state index contributed by atoms with van der Waals surface area (Å²) >= 11 is 0. The first-order valence-electron chi connectivity index (χ1n) is 9.62. The maximum atomic E-state index is 10.5.